The van der Waals surface area contributed by atoms with Crippen molar-refractivity contribution < 1.29 is 58.9 Å². The molecule has 0 saturated heterocycles. The van der Waals surface area contributed by atoms with Crippen molar-refractivity contribution in [3.8, 4) is 23.0 Å². The SMILES string of the molecule is CO[C@H]1/C=C/O[C@@]2(C)Oc3cc(O)c4c(O)c(cc(O)c4c3C2=O)NC(=O)/C(C)=C\C=C\[C@H](C)[C@H](O)[C@@H](C)[C@@H](O)[C@@H](C)[C@H](OC(C)=O)[C@@H]1C. The number of Topliss-reactive ketones (excluding diaryl/α,β-unsaturated/α-hetero) is 1. The van der Waals surface area contributed by atoms with Gasteiger partial charge in [0.25, 0.3) is 11.7 Å². The van der Waals surface area contributed by atoms with Crippen LogP contribution in [0.5, 0.6) is 23.0 Å². The minimum absolute atomic E-state index is 0.117. The number of phenols is 3. The number of rotatable bonds is 2. The molecule has 2 aromatic rings. The molecule has 9 atom stereocenters. The third-order valence-electron chi connectivity index (χ3n) is 9.46. The molecule has 13 heteroatoms. The number of phenolic OH excluding ortho intramolecular Hbond substituents is 3. The number of amides is 1. The molecule has 0 saturated carbocycles. The highest BCUT2D eigenvalue weighted by atomic mass is 16.7. The Morgan fingerprint density at radius 1 is 0.939 bits per heavy atom. The summed E-state index contributed by atoms with van der Waals surface area (Å²) in [4.78, 5) is 39.0. The van der Waals surface area contributed by atoms with Crippen molar-refractivity contribution in [1.82, 2.24) is 0 Å². The molecule has 266 valence electrons. The van der Waals surface area contributed by atoms with Crippen LogP contribution in [0.2, 0.25) is 0 Å². The second-order valence-corrected chi connectivity index (χ2v) is 13.0. The maximum Gasteiger partial charge on any atom is 0.312 e. The normalized spacial score (nSPS) is 33.6. The summed E-state index contributed by atoms with van der Waals surface area (Å²) in [5, 5.41) is 57.6. The number of allylic oxidation sites excluding steroid dienone is 2. The molecule has 1 amide bonds. The summed E-state index contributed by atoms with van der Waals surface area (Å²) < 4.78 is 23.0. The van der Waals surface area contributed by atoms with E-state index in [0.29, 0.717) is 0 Å². The van der Waals surface area contributed by atoms with Gasteiger partial charge in [-0.1, -0.05) is 45.9 Å². The molecule has 3 heterocycles. The van der Waals surface area contributed by atoms with Gasteiger partial charge in [0.05, 0.1) is 41.2 Å². The van der Waals surface area contributed by atoms with Gasteiger partial charge in [-0.2, -0.15) is 0 Å². The number of aliphatic hydroxyl groups excluding tert-OH is 2. The number of anilines is 1. The number of benzene rings is 2. The summed E-state index contributed by atoms with van der Waals surface area (Å²) >= 11 is 0. The first-order chi connectivity index (χ1) is 22.9. The van der Waals surface area contributed by atoms with E-state index in [0.717, 1.165) is 12.1 Å². The number of hydrogen-bond acceptors (Lipinski definition) is 12. The van der Waals surface area contributed by atoms with E-state index in [1.54, 1.807) is 39.8 Å². The van der Waals surface area contributed by atoms with E-state index < -0.39 is 88.8 Å². The fourth-order valence-electron chi connectivity index (χ4n) is 6.44. The van der Waals surface area contributed by atoms with E-state index in [9.17, 15) is 39.9 Å². The number of aliphatic hydroxyl groups is 2. The summed E-state index contributed by atoms with van der Waals surface area (Å²) in [5.41, 5.74) is -0.191. The number of methoxy groups -OCH3 is 1. The minimum Gasteiger partial charge on any atom is -0.507 e. The van der Waals surface area contributed by atoms with Gasteiger partial charge < -0.3 is 49.8 Å². The summed E-state index contributed by atoms with van der Waals surface area (Å²) in [6, 6.07) is 2.15. The van der Waals surface area contributed by atoms with Crippen molar-refractivity contribution in [3.63, 3.8) is 0 Å². The Kier molecular flexibility index (Phi) is 11.0. The van der Waals surface area contributed by atoms with Gasteiger partial charge in [0, 0.05) is 67.7 Å². The molecule has 49 heavy (non-hydrogen) atoms. The number of aromatic hydroxyl groups is 3. The monoisotopic (exact) mass is 683 g/mol. The van der Waals surface area contributed by atoms with Crippen LogP contribution in [-0.4, -0.2) is 80.5 Å². The maximum atomic E-state index is 13.8. The van der Waals surface area contributed by atoms with Gasteiger partial charge in [0.1, 0.15) is 23.4 Å². The first-order valence-electron chi connectivity index (χ1n) is 16.0. The molecule has 3 aliphatic rings. The number of nitrogens with one attached hydrogen (secondary N) is 1. The molecule has 0 unspecified atom stereocenters. The Morgan fingerprint density at radius 2 is 1.59 bits per heavy atom. The zero-order valence-electron chi connectivity index (χ0n) is 28.8. The smallest absolute Gasteiger partial charge is 0.312 e. The highest BCUT2D eigenvalue weighted by Gasteiger charge is 2.48. The quantitative estimate of drug-likeness (QED) is 0.148. The van der Waals surface area contributed by atoms with E-state index in [4.69, 9.17) is 18.9 Å². The van der Waals surface area contributed by atoms with Crippen molar-refractivity contribution in [2.24, 2.45) is 23.7 Å². The number of carbonyl (C=O) groups excluding carboxylic acids is 3. The average Bonchev–Trinajstić information content (AvgIpc) is 3.29. The van der Waals surface area contributed by atoms with Crippen LogP contribution in [0.1, 0.15) is 58.8 Å². The fourth-order valence-corrected chi connectivity index (χ4v) is 6.44. The molecule has 0 spiro atoms. The summed E-state index contributed by atoms with van der Waals surface area (Å²) in [6.07, 6.45) is 3.60. The summed E-state index contributed by atoms with van der Waals surface area (Å²) in [6.45, 7) is 11.0. The predicted molar refractivity (Wildman–Crippen MR) is 179 cm³/mol. The van der Waals surface area contributed by atoms with Crippen molar-refractivity contribution in [1.29, 1.82) is 0 Å². The minimum atomic E-state index is -1.97. The molecule has 2 aromatic carbocycles. The van der Waals surface area contributed by atoms with Crippen LogP contribution in [0.3, 0.4) is 0 Å². The molecule has 5 bridgehead atoms. The summed E-state index contributed by atoms with van der Waals surface area (Å²) in [5.74, 6) is -8.08. The molecule has 0 fully saturated rings. The van der Waals surface area contributed by atoms with Crippen LogP contribution in [0.25, 0.3) is 10.8 Å². The number of ketones is 1. The standard InChI is InChI=1S/C36H45NO12/c1-16-10-9-11-17(2)35(45)37-22-14-23(39)27-28(32(22)43)24(40)15-26-29(27)34(44)36(7,49-26)47-13-12-25(46-8)18(3)33(48-21(6)38)20(5)31(42)19(4)30(16)41/h9-16,18-20,25,30-31,33,39-43H,1-8H3,(H,37,45)/b10-9+,13-12+,17-11-/t16-,18+,19+,20+,25-,30-,31+,33+,36-/m0/s1. The zero-order chi connectivity index (χ0) is 36.5. The Hall–Kier alpha value is -4.59. The Bertz CT molecular complexity index is 1710. The Balaban J connectivity index is 1.84. The Labute approximate surface area is 284 Å². The van der Waals surface area contributed by atoms with Crippen molar-refractivity contribution in [2.75, 3.05) is 12.4 Å². The molecular weight excluding hydrogens is 638 g/mol. The molecule has 0 radical (unpaired) electrons. The van der Waals surface area contributed by atoms with Gasteiger partial charge in [-0.05, 0) is 13.0 Å². The molecular formula is C36H45NO12. The first kappa shape index (κ1) is 37.2. The van der Waals surface area contributed by atoms with Gasteiger partial charge in [-0.25, -0.2) is 0 Å². The fraction of sp³-hybridized carbons (Fsp3) is 0.472. The zero-order valence-corrected chi connectivity index (χ0v) is 28.8. The molecule has 3 aliphatic heterocycles. The van der Waals surface area contributed by atoms with Crippen LogP contribution < -0.4 is 10.1 Å². The highest BCUT2D eigenvalue weighted by molar-refractivity contribution is 6.20. The lowest BCUT2D eigenvalue weighted by molar-refractivity contribution is -0.160. The van der Waals surface area contributed by atoms with Gasteiger partial charge in [-0.15, -0.1) is 0 Å². The third-order valence-corrected chi connectivity index (χ3v) is 9.46. The van der Waals surface area contributed by atoms with Gasteiger partial charge in [0.15, 0.2) is 5.75 Å². The molecule has 13 nitrogen and oxygen atoms in total. The number of fused-ring (bicyclic) bond motifs is 14. The van der Waals surface area contributed by atoms with E-state index in [2.05, 4.69) is 5.32 Å². The largest absolute Gasteiger partial charge is 0.507 e. The van der Waals surface area contributed by atoms with Gasteiger partial charge in [-0.3, -0.25) is 14.4 Å². The predicted octanol–water partition coefficient (Wildman–Crippen LogP) is 4.45. The lowest BCUT2D eigenvalue weighted by atomic mass is 9.78. The topological polar surface area (TPSA) is 201 Å². The van der Waals surface area contributed by atoms with E-state index in [-0.39, 0.29) is 33.3 Å². The van der Waals surface area contributed by atoms with E-state index >= 15 is 0 Å². The van der Waals surface area contributed by atoms with Gasteiger partial charge >= 0.3 is 11.8 Å². The summed E-state index contributed by atoms with van der Waals surface area (Å²) in [7, 11) is 1.43. The van der Waals surface area contributed by atoms with Crippen LogP contribution in [0, 0.1) is 23.7 Å². The molecule has 0 aromatic heterocycles. The highest BCUT2D eigenvalue weighted by Crippen LogP contribution is 2.51. The van der Waals surface area contributed by atoms with E-state index in [1.165, 1.54) is 46.3 Å². The lowest BCUT2D eigenvalue weighted by Gasteiger charge is -2.38. The Morgan fingerprint density at radius 3 is 2.22 bits per heavy atom. The van der Waals surface area contributed by atoms with Crippen molar-refractivity contribution in [2.45, 2.75) is 78.7 Å². The number of esters is 1. The second-order valence-electron chi connectivity index (χ2n) is 13.0. The van der Waals surface area contributed by atoms with Crippen molar-refractivity contribution in [3.05, 3.63) is 53.8 Å². The van der Waals surface area contributed by atoms with Crippen LogP contribution in [0.15, 0.2) is 48.3 Å². The lowest BCUT2D eigenvalue weighted by Crippen LogP contribution is -2.46. The second kappa shape index (κ2) is 14.5. The third kappa shape index (κ3) is 7.24. The van der Waals surface area contributed by atoms with E-state index in [1.807, 2.05) is 0 Å². The number of ether oxygens (including phenoxy) is 4. The molecule has 5 rings (SSSR count). The molecule has 0 aliphatic carbocycles. The van der Waals surface area contributed by atoms with Crippen LogP contribution in [-0.2, 0) is 23.8 Å². The molecule has 6 N–H and O–H groups in total. The van der Waals surface area contributed by atoms with Crippen LogP contribution in [0.4, 0.5) is 5.69 Å². The van der Waals surface area contributed by atoms with Gasteiger partial charge in [0.2, 0.25) is 0 Å². The van der Waals surface area contributed by atoms with Crippen molar-refractivity contribution >= 4 is 34.1 Å². The van der Waals surface area contributed by atoms with Crippen LogP contribution >= 0.6 is 0 Å². The number of carbonyl (C=O) groups is 3. The first-order valence-corrected chi connectivity index (χ1v) is 16.0. The maximum absolute atomic E-state index is 13.8. The average molecular weight is 684 g/mol. The number of hydrogen-bond donors (Lipinski definition) is 6.